The van der Waals surface area contributed by atoms with Gasteiger partial charge in [0, 0.05) is 17.6 Å². The Morgan fingerprint density at radius 2 is 1.79 bits per heavy atom. The van der Waals surface area contributed by atoms with Crippen LogP contribution in [-0.2, 0) is 13.2 Å². The van der Waals surface area contributed by atoms with E-state index in [0.29, 0.717) is 6.61 Å². The number of aryl methyl sites for hydroxylation is 1. The zero-order valence-corrected chi connectivity index (χ0v) is 14.8. The van der Waals surface area contributed by atoms with Crippen LogP contribution in [0, 0.1) is 6.92 Å². The van der Waals surface area contributed by atoms with Gasteiger partial charge >= 0.3 is 0 Å². The first kappa shape index (κ1) is 16.7. The molecule has 3 rings (SSSR count). The van der Waals surface area contributed by atoms with E-state index >= 15 is 0 Å². The van der Waals surface area contributed by atoms with E-state index in [0.717, 1.165) is 17.3 Å². The monoisotopic (exact) mass is 338 g/mol. The number of rotatable bonds is 7. The number of hydrogen-bond donors (Lipinski definition) is 1. The molecule has 0 saturated heterocycles. The van der Waals surface area contributed by atoms with Crippen molar-refractivity contribution in [1.82, 2.24) is 10.3 Å². The molecule has 0 aliphatic carbocycles. The quantitative estimate of drug-likeness (QED) is 0.666. The van der Waals surface area contributed by atoms with Gasteiger partial charge in [0.15, 0.2) is 0 Å². The first-order chi connectivity index (χ1) is 11.7. The van der Waals surface area contributed by atoms with Crippen LogP contribution in [0.25, 0.3) is 0 Å². The predicted octanol–water partition coefficient (Wildman–Crippen LogP) is 4.88. The molecule has 1 heterocycles. The highest BCUT2D eigenvalue weighted by molar-refractivity contribution is 7.11. The summed E-state index contributed by atoms with van der Waals surface area (Å²) in [6.07, 6.45) is 1.93. The Hall–Kier alpha value is -2.17. The molecule has 4 heteroatoms. The number of nitrogens with one attached hydrogen (secondary N) is 1. The Morgan fingerprint density at radius 3 is 2.46 bits per heavy atom. The maximum absolute atomic E-state index is 5.82. The third kappa shape index (κ3) is 4.66. The van der Waals surface area contributed by atoms with Crippen LogP contribution in [0.15, 0.2) is 60.8 Å². The molecule has 0 saturated carbocycles. The van der Waals surface area contributed by atoms with Gasteiger partial charge in [-0.15, -0.1) is 11.3 Å². The van der Waals surface area contributed by atoms with E-state index in [1.807, 2.05) is 36.5 Å². The zero-order valence-electron chi connectivity index (χ0n) is 14.0. The van der Waals surface area contributed by atoms with E-state index in [9.17, 15) is 0 Å². The summed E-state index contributed by atoms with van der Waals surface area (Å²) in [5.74, 6) is 0.895. The van der Waals surface area contributed by atoms with Crippen LogP contribution in [0.1, 0.15) is 34.0 Å². The van der Waals surface area contributed by atoms with Crippen LogP contribution < -0.4 is 10.1 Å². The van der Waals surface area contributed by atoms with Gasteiger partial charge in [-0.05, 0) is 37.1 Å². The predicted molar refractivity (Wildman–Crippen MR) is 99.3 cm³/mol. The third-order valence-corrected chi connectivity index (χ3v) is 4.89. The average Bonchev–Trinajstić information content (AvgIpc) is 3.06. The summed E-state index contributed by atoms with van der Waals surface area (Å²) in [5.41, 5.74) is 2.41. The van der Waals surface area contributed by atoms with Crippen LogP contribution in [0.2, 0.25) is 0 Å². The summed E-state index contributed by atoms with van der Waals surface area (Å²) in [4.78, 5) is 5.68. The number of nitrogens with zero attached hydrogens (tertiary/aromatic N) is 1. The number of benzene rings is 2. The van der Waals surface area contributed by atoms with E-state index < -0.39 is 0 Å². The normalized spacial score (nSPS) is 12.1. The van der Waals surface area contributed by atoms with Crippen molar-refractivity contribution < 1.29 is 4.74 Å². The SMILES string of the molecule is Cc1cnc([C@H](C)NCc2ccc(OCc3ccccc3)cc2)s1. The smallest absolute Gasteiger partial charge is 0.119 e. The fourth-order valence-corrected chi connectivity index (χ4v) is 3.18. The molecule has 0 bridgehead atoms. The molecule has 1 aromatic heterocycles. The van der Waals surface area contributed by atoms with Gasteiger partial charge in [0.1, 0.15) is 17.4 Å². The minimum absolute atomic E-state index is 0.262. The molecule has 3 aromatic rings. The fourth-order valence-electron chi connectivity index (χ4n) is 2.38. The number of aromatic nitrogens is 1. The van der Waals surface area contributed by atoms with Gasteiger partial charge in [0.25, 0.3) is 0 Å². The van der Waals surface area contributed by atoms with Crippen LogP contribution in [0.4, 0.5) is 0 Å². The largest absolute Gasteiger partial charge is 0.489 e. The number of thiazole rings is 1. The second-order valence-corrected chi connectivity index (χ2v) is 7.10. The molecule has 0 radical (unpaired) electrons. The highest BCUT2D eigenvalue weighted by Gasteiger charge is 2.08. The van der Waals surface area contributed by atoms with Gasteiger partial charge < -0.3 is 10.1 Å². The molecule has 0 unspecified atom stereocenters. The summed E-state index contributed by atoms with van der Waals surface area (Å²) >= 11 is 1.74. The molecule has 1 N–H and O–H groups in total. The lowest BCUT2D eigenvalue weighted by Crippen LogP contribution is -2.17. The maximum Gasteiger partial charge on any atom is 0.119 e. The minimum Gasteiger partial charge on any atom is -0.489 e. The molecule has 24 heavy (non-hydrogen) atoms. The van der Waals surface area contributed by atoms with Crippen molar-refractivity contribution in [3.8, 4) is 5.75 Å². The van der Waals surface area contributed by atoms with Gasteiger partial charge in [0.2, 0.25) is 0 Å². The second-order valence-electron chi connectivity index (χ2n) is 5.83. The Labute approximate surface area is 147 Å². The van der Waals surface area contributed by atoms with Gasteiger partial charge in [-0.25, -0.2) is 4.98 Å². The molecule has 0 amide bonds. The van der Waals surface area contributed by atoms with Crippen molar-refractivity contribution in [3.63, 3.8) is 0 Å². The number of ether oxygens (including phenoxy) is 1. The number of hydrogen-bond acceptors (Lipinski definition) is 4. The fraction of sp³-hybridized carbons (Fsp3) is 0.250. The van der Waals surface area contributed by atoms with E-state index in [2.05, 4.69) is 48.4 Å². The van der Waals surface area contributed by atoms with Gasteiger partial charge in [-0.1, -0.05) is 42.5 Å². The summed E-state index contributed by atoms with van der Waals surface area (Å²) in [7, 11) is 0. The molecule has 0 aliphatic heterocycles. The van der Waals surface area contributed by atoms with E-state index in [4.69, 9.17) is 4.74 Å². The third-order valence-electron chi connectivity index (χ3n) is 3.79. The lowest BCUT2D eigenvalue weighted by molar-refractivity contribution is 0.306. The molecule has 0 aliphatic rings. The Balaban J connectivity index is 1.49. The topological polar surface area (TPSA) is 34.2 Å². The summed E-state index contributed by atoms with van der Waals surface area (Å²) in [6.45, 7) is 5.65. The minimum atomic E-state index is 0.262. The first-order valence-electron chi connectivity index (χ1n) is 8.12. The van der Waals surface area contributed by atoms with Crippen LogP contribution in [0.5, 0.6) is 5.75 Å². The van der Waals surface area contributed by atoms with E-state index in [1.54, 1.807) is 11.3 Å². The van der Waals surface area contributed by atoms with Crippen LogP contribution in [-0.4, -0.2) is 4.98 Å². The Bertz CT molecular complexity index is 753. The van der Waals surface area contributed by atoms with Crippen molar-refractivity contribution >= 4 is 11.3 Å². The Morgan fingerprint density at radius 1 is 1.04 bits per heavy atom. The lowest BCUT2D eigenvalue weighted by atomic mass is 10.2. The molecule has 1 atom stereocenters. The molecular weight excluding hydrogens is 316 g/mol. The molecule has 3 nitrogen and oxygen atoms in total. The van der Waals surface area contributed by atoms with E-state index in [-0.39, 0.29) is 6.04 Å². The first-order valence-corrected chi connectivity index (χ1v) is 8.94. The average molecular weight is 338 g/mol. The van der Waals surface area contributed by atoms with Crippen LogP contribution in [0.3, 0.4) is 0 Å². The highest BCUT2D eigenvalue weighted by atomic mass is 32.1. The van der Waals surface area contributed by atoms with Crippen molar-refractivity contribution in [2.75, 3.05) is 0 Å². The van der Waals surface area contributed by atoms with Crippen molar-refractivity contribution in [2.24, 2.45) is 0 Å². The van der Waals surface area contributed by atoms with Crippen molar-refractivity contribution in [1.29, 1.82) is 0 Å². The molecule has 0 spiro atoms. The molecule has 2 aromatic carbocycles. The van der Waals surface area contributed by atoms with Gasteiger partial charge in [-0.3, -0.25) is 0 Å². The standard InChI is InChI=1S/C20H22N2OS/c1-15-12-22-20(24-15)16(2)21-13-17-8-10-19(11-9-17)23-14-18-6-4-3-5-7-18/h3-12,16,21H,13-14H2,1-2H3/t16-/m0/s1. The molecular formula is C20H22N2OS. The lowest BCUT2D eigenvalue weighted by Gasteiger charge is -2.12. The Kier molecular flexibility index (Phi) is 5.62. The summed E-state index contributed by atoms with van der Waals surface area (Å²) in [5, 5.41) is 4.65. The van der Waals surface area contributed by atoms with Crippen LogP contribution >= 0.6 is 11.3 Å². The second kappa shape index (κ2) is 8.08. The summed E-state index contributed by atoms with van der Waals surface area (Å²) in [6, 6.07) is 18.7. The highest BCUT2D eigenvalue weighted by Crippen LogP contribution is 2.20. The van der Waals surface area contributed by atoms with E-state index in [1.165, 1.54) is 16.0 Å². The summed E-state index contributed by atoms with van der Waals surface area (Å²) < 4.78 is 5.82. The molecule has 0 fully saturated rings. The van der Waals surface area contributed by atoms with Gasteiger partial charge in [0.05, 0.1) is 6.04 Å². The van der Waals surface area contributed by atoms with Crippen molar-refractivity contribution in [2.45, 2.75) is 33.0 Å². The van der Waals surface area contributed by atoms with Crippen molar-refractivity contribution in [3.05, 3.63) is 81.8 Å². The maximum atomic E-state index is 5.82. The molecule has 124 valence electrons. The van der Waals surface area contributed by atoms with Gasteiger partial charge in [-0.2, -0.15) is 0 Å². The zero-order chi connectivity index (χ0) is 16.8.